The van der Waals surface area contributed by atoms with E-state index in [1.807, 2.05) is 0 Å². The Morgan fingerprint density at radius 2 is 1.74 bits per heavy atom. The fourth-order valence-corrected chi connectivity index (χ4v) is 3.46. The SMILES string of the molecule is N#Cc1cn(-c2ccc(C(=O)O)cc2)cc1-c1cccc(OCc2cccc(C(F)(F)F)c2)c1. The molecular weight excluding hydrogens is 445 g/mol. The quantitative estimate of drug-likeness (QED) is 0.364. The molecule has 1 N–H and O–H groups in total. The van der Waals surface area contributed by atoms with Gasteiger partial charge in [-0.2, -0.15) is 18.4 Å². The molecule has 0 spiro atoms. The van der Waals surface area contributed by atoms with Crippen LogP contribution in [0.5, 0.6) is 5.75 Å². The highest BCUT2D eigenvalue weighted by atomic mass is 19.4. The van der Waals surface area contributed by atoms with Gasteiger partial charge in [0.1, 0.15) is 18.4 Å². The second-order valence-electron chi connectivity index (χ2n) is 7.47. The first kappa shape index (κ1) is 22.7. The Bertz CT molecular complexity index is 1380. The summed E-state index contributed by atoms with van der Waals surface area (Å²) in [5.41, 5.74) is 2.21. The first-order valence-electron chi connectivity index (χ1n) is 10.1. The van der Waals surface area contributed by atoms with Crippen LogP contribution in [0.2, 0.25) is 0 Å². The van der Waals surface area contributed by atoms with Crippen LogP contribution < -0.4 is 4.74 Å². The van der Waals surface area contributed by atoms with E-state index >= 15 is 0 Å². The number of nitriles is 1. The predicted molar refractivity (Wildman–Crippen MR) is 119 cm³/mol. The molecule has 0 aliphatic heterocycles. The molecule has 170 valence electrons. The zero-order chi connectivity index (χ0) is 24.3. The van der Waals surface area contributed by atoms with Crippen LogP contribution in [-0.4, -0.2) is 15.6 Å². The van der Waals surface area contributed by atoms with Crippen molar-refractivity contribution in [2.75, 3.05) is 0 Å². The van der Waals surface area contributed by atoms with Gasteiger partial charge in [0.15, 0.2) is 0 Å². The molecule has 0 atom stereocenters. The Labute approximate surface area is 192 Å². The summed E-state index contributed by atoms with van der Waals surface area (Å²) in [5, 5.41) is 18.7. The number of ether oxygens (including phenoxy) is 1. The fraction of sp³-hybridized carbons (Fsp3) is 0.0769. The zero-order valence-corrected chi connectivity index (χ0v) is 17.6. The lowest BCUT2D eigenvalue weighted by molar-refractivity contribution is -0.137. The van der Waals surface area contributed by atoms with Gasteiger partial charge >= 0.3 is 12.1 Å². The Balaban J connectivity index is 1.57. The molecule has 0 aliphatic rings. The lowest BCUT2D eigenvalue weighted by Gasteiger charge is -2.11. The molecule has 0 unspecified atom stereocenters. The summed E-state index contributed by atoms with van der Waals surface area (Å²) < 4.78 is 46.2. The normalized spacial score (nSPS) is 11.1. The van der Waals surface area contributed by atoms with E-state index in [2.05, 4.69) is 6.07 Å². The van der Waals surface area contributed by atoms with Gasteiger partial charge in [-0.1, -0.05) is 24.3 Å². The molecule has 5 nitrogen and oxygen atoms in total. The van der Waals surface area contributed by atoms with Gasteiger partial charge in [0.05, 0.1) is 16.7 Å². The maximum absolute atomic E-state index is 12.9. The number of aromatic nitrogens is 1. The highest BCUT2D eigenvalue weighted by Gasteiger charge is 2.30. The van der Waals surface area contributed by atoms with Crippen molar-refractivity contribution < 1.29 is 27.8 Å². The summed E-state index contributed by atoms with van der Waals surface area (Å²) in [5.74, 6) is -0.586. The maximum Gasteiger partial charge on any atom is 0.416 e. The summed E-state index contributed by atoms with van der Waals surface area (Å²) in [4.78, 5) is 11.1. The Morgan fingerprint density at radius 3 is 2.41 bits per heavy atom. The fourth-order valence-electron chi connectivity index (χ4n) is 3.46. The molecule has 0 saturated carbocycles. The third-order valence-corrected chi connectivity index (χ3v) is 5.16. The molecule has 4 aromatic rings. The number of rotatable bonds is 6. The van der Waals surface area contributed by atoms with Gasteiger partial charge in [-0.05, 0) is 59.7 Å². The minimum atomic E-state index is -4.43. The maximum atomic E-state index is 12.9. The van der Waals surface area contributed by atoms with Crippen molar-refractivity contribution >= 4 is 5.97 Å². The first-order chi connectivity index (χ1) is 16.2. The molecule has 0 aliphatic carbocycles. The number of nitrogens with zero attached hydrogens (tertiary/aromatic N) is 2. The first-order valence-corrected chi connectivity index (χ1v) is 10.1. The van der Waals surface area contributed by atoms with Gasteiger partial charge < -0.3 is 14.4 Å². The van der Waals surface area contributed by atoms with Crippen molar-refractivity contribution in [3.63, 3.8) is 0 Å². The van der Waals surface area contributed by atoms with Crippen molar-refractivity contribution in [2.45, 2.75) is 12.8 Å². The number of hydrogen-bond donors (Lipinski definition) is 1. The smallest absolute Gasteiger partial charge is 0.416 e. The Kier molecular flexibility index (Phi) is 6.11. The van der Waals surface area contributed by atoms with Crippen LogP contribution in [0.15, 0.2) is 85.2 Å². The standard InChI is InChI=1S/C26H17F3N2O3/c27-26(28,29)21-5-1-3-17(11-21)16-34-23-6-2-4-19(12-23)24-15-31(14-20(24)13-30)22-9-7-18(8-10-22)25(32)33/h1-12,14-15H,16H2,(H,32,33). The number of carboxylic acids is 1. The van der Waals surface area contributed by atoms with Gasteiger partial charge in [-0.3, -0.25) is 0 Å². The third-order valence-electron chi connectivity index (χ3n) is 5.16. The van der Waals surface area contributed by atoms with Crippen LogP contribution in [0, 0.1) is 11.3 Å². The number of benzene rings is 3. The van der Waals surface area contributed by atoms with Gasteiger partial charge in [0.25, 0.3) is 0 Å². The van der Waals surface area contributed by atoms with E-state index in [9.17, 15) is 23.2 Å². The second kappa shape index (κ2) is 9.16. The average molecular weight is 462 g/mol. The highest BCUT2D eigenvalue weighted by Crippen LogP contribution is 2.31. The monoisotopic (exact) mass is 462 g/mol. The highest BCUT2D eigenvalue weighted by molar-refractivity contribution is 5.87. The van der Waals surface area contributed by atoms with Crippen molar-refractivity contribution in [1.82, 2.24) is 4.57 Å². The molecule has 0 fully saturated rings. The molecule has 0 saturated heterocycles. The zero-order valence-electron chi connectivity index (χ0n) is 17.6. The molecule has 3 aromatic carbocycles. The molecule has 1 aromatic heterocycles. The number of halogens is 3. The van der Waals surface area contributed by atoms with E-state index in [0.717, 1.165) is 12.1 Å². The largest absolute Gasteiger partial charge is 0.489 e. The van der Waals surface area contributed by atoms with Crippen LogP contribution in [0.3, 0.4) is 0 Å². The molecular formula is C26H17F3N2O3. The van der Waals surface area contributed by atoms with Crippen LogP contribution in [0.25, 0.3) is 16.8 Å². The van der Waals surface area contributed by atoms with E-state index in [0.29, 0.717) is 33.7 Å². The van der Waals surface area contributed by atoms with Crippen molar-refractivity contribution in [2.24, 2.45) is 0 Å². The summed E-state index contributed by atoms with van der Waals surface area (Å²) in [6, 6.07) is 20.3. The topological polar surface area (TPSA) is 75.2 Å². The summed E-state index contributed by atoms with van der Waals surface area (Å²) in [6.07, 6.45) is -1.04. The average Bonchev–Trinajstić information content (AvgIpc) is 3.27. The molecule has 34 heavy (non-hydrogen) atoms. The van der Waals surface area contributed by atoms with Crippen molar-refractivity contribution in [3.8, 4) is 28.6 Å². The number of alkyl halides is 3. The number of hydrogen-bond acceptors (Lipinski definition) is 3. The summed E-state index contributed by atoms with van der Waals surface area (Å²) in [6.45, 7) is -0.0462. The summed E-state index contributed by atoms with van der Waals surface area (Å²) in [7, 11) is 0. The summed E-state index contributed by atoms with van der Waals surface area (Å²) >= 11 is 0. The molecule has 0 radical (unpaired) electrons. The van der Waals surface area contributed by atoms with Crippen molar-refractivity contribution in [3.05, 3.63) is 107 Å². The number of carbonyl (C=O) groups is 1. The van der Waals surface area contributed by atoms with E-state index in [1.54, 1.807) is 59.4 Å². The van der Waals surface area contributed by atoms with E-state index in [-0.39, 0.29) is 12.2 Å². The van der Waals surface area contributed by atoms with Gasteiger partial charge in [0, 0.05) is 23.6 Å². The minimum Gasteiger partial charge on any atom is -0.489 e. The van der Waals surface area contributed by atoms with E-state index in [1.165, 1.54) is 18.2 Å². The lowest BCUT2D eigenvalue weighted by atomic mass is 10.1. The number of carboxylic acid groups (broad SMARTS) is 1. The van der Waals surface area contributed by atoms with Crippen LogP contribution in [-0.2, 0) is 12.8 Å². The second-order valence-corrected chi connectivity index (χ2v) is 7.47. The predicted octanol–water partition coefficient (Wildman–Crippen LogP) is 6.31. The lowest BCUT2D eigenvalue weighted by Crippen LogP contribution is -2.06. The minimum absolute atomic E-state index is 0.0462. The van der Waals surface area contributed by atoms with Crippen molar-refractivity contribution in [1.29, 1.82) is 5.26 Å². The Hall–Kier alpha value is -4.51. The molecule has 8 heteroatoms. The number of aromatic carboxylic acids is 1. The molecule has 1 heterocycles. The van der Waals surface area contributed by atoms with Gasteiger partial charge in [-0.25, -0.2) is 4.79 Å². The van der Waals surface area contributed by atoms with Crippen LogP contribution in [0.1, 0.15) is 27.0 Å². The van der Waals surface area contributed by atoms with Crippen LogP contribution >= 0.6 is 0 Å². The van der Waals surface area contributed by atoms with Gasteiger partial charge in [0.2, 0.25) is 0 Å². The van der Waals surface area contributed by atoms with E-state index < -0.39 is 17.7 Å². The van der Waals surface area contributed by atoms with E-state index in [4.69, 9.17) is 9.84 Å². The Morgan fingerprint density at radius 1 is 1.00 bits per heavy atom. The van der Waals surface area contributed by atoms with Gasteiger partial charge in [-0.15, -0.1) is 0 Å². The molecule has 0 bridgehead atoms. The van der Waals surface area contributed by atoms with Crippen LogP contribution in [0.4, 0.5) is 13.2 Å². The molecule has 0 amide bonds. The molecule has 4 rings (SSSR count). The third kappa shape index (κ3) is 4.94.